The fraction of sp³-hybridized carbons (Fsp3) is 0.200. The number of hydrogen-bond acceptors (Lipinski definition) is 8. The van der Waals surface area contributed by atoms with Crippen LogP contribution >= 0.6 is 12.1 Å². The number of nitrogens with one attached hydrogen (secondary N) is 2. The molecule has 0 fully saturated rings. The van der Waals surface area contributed by atoms with Gasteiger partial charge in [-0.2, -0.15) is 9.37 Å². The second-order valence-corrected chi connectivity index (χ2v) is 7.37. The van der Waals surface area contributed by atoms with Gasteiger partial charge in [0.25, 0.3) is 0 Å². The van der Waals surface area contributed by atoms with Crippen LogP contribution in [0.15, 0.2) is 47.2 Å². The number of rotatable bonds is 7. The molecule has 8 nitrogen and oxygen atoms in total. The maximum atomic E-state index is 14.9. The number of ether oxygens (including phenoxy) is 2. The first kappa shape index (κ1) is 20.9. The first-order valence-corrected chi connectivity index (χ1v) is 10.1. The minimum absolute atomic E-state index is 0.0544. The first-order chi connectivity index (χ1) is 15.0. The van der Waals surface area contributed by atoms with Crippen LogP contribution in [0.5, 0.6) is 17.6 Å². The van der Waals surface area contributed by atoms with Crippen molar-refractivity contribution in [2.24, 2.45) is 0 Å². The van der Waals surface area contributed by atoms with Gasteiger partial charge in [0.2, 0.25) is 5.82 Å². The lowest BCUT2D eigenvalue weighted by molar-refractivity contribution is 0.114. The van der Waals surface area contributed by atoms with Crippen molar-refractivity contribution in [1.29, 1.82) is 0 Å². The highest BCUT2D eigenvalue weighted by Crippen LogP contribution is 2.41. The zero-order chi connectivity index (χ0) is 22.0. The minimum atomic E-state index is -0.850. The van der Waals surface area contributed by atoms with Crippen LogP contribution in [0.25, 0.3) is 0 Å². The molecule has 11 heteroatoms. The van der Waals surface area contributed by atoms with Gasteiger partial charge in [0.05, 0.1) is 24.5 Å². The van der Waals surface area contributed by atoms with Crippen LogP contribution in [0.3, 0.4) is 0 Å². The maximum Gasteiger partial charge on any atom is 0.416 e. The van der Waals surface area contributed by atoms with Crippen molar-refractivity contribution in [1.82, 2.24) is 14.6 Å². The Kier molecular flexibility index (Phi) is 5.96. The summed E-state index contributed by atoms with van der Waals surface area (Å²) in [5, 5.41) is 0. The molecule has 2 N–H and O–H groups in total. The Labute approximate surface area is 180 Å². The third-order valence-corrected chi connectivity index (χ3v) is 5.25. The summed E-state index contributed by atoms with van der Waals surface area (Å²) in [4.78, 5) is 17.7. The smallest absolute Gasteiger partial charge is 0.416 e. The molecule has 2 aromatic carbocycles. The van der Waals surface area contributed by atoms with Crippen molar-refractivity contribution in [3.8, 4) is 17.6 Å². The number of fused-ring (bicyclic) bond motifs is 1. The molecule has 0 aliphatic carbocycles. The summed E-state index contributed by atoms with van der Waals surface area (Å²) < 4.78 is 50.8. The van der Waals surface area contributed by atoms with Gasteiger partial charge >= 0.3 is 12.2 Å². The van der Waals surface area contributed by atoms with Crippen LogP contribution < -0.4 is 18.9 Å². The van der Waals surface area contributed by atoms with Gasteiger partial charge in [0, 0.05) is 23.3 Å². The molecule has 1 amide bonds. The van der Waals surface area contributed by atoms with Crippen LogP contribution in [0.4, 0.5) is 19.3 Å². The zero-order valence-electron chi connectivity index (χ0n) is 16.5. The predicted octanol–water partition coefficient (Wildman–Crippen LogP) is 5.02. The number of nitrogens with zero attached hydrogens (tertiary/aromatic N) is 2. The quantitative estimate of drug-likeness (QED) is 0.488. The molecule has 0 spiro atoms. The van der Waals surface area contributed by atoms with E-state index in [0.29, 0.717) is 11.1 Å². The molecule has 0 saturated carbocycles. The van der Waals surface area contributed by atoms with Crippen LogP contribution in [-0.4, -0.2) is 23.0 Å². The van der Waals surface area contributed by atoms with Gasteiger partial charge in [0.1, 0.15) is 6.26 Å². The van der Waals surface area contributed by atoms with Gasteiger partial charge in [-0.15, -0.1) is 0 Å². The maximum absolute atomic E-state index is 14.9. The van der Waals surface area contributed by atoms with E-state index in [1.807, 2.05) is 0 Å². The molecule has 1 aliphatic heterocycles. The summed E-state index contributed by atoms with van der Waals surface area (Å²) >= 11 is 1.12. The molecule has 1 aromatic heterocycles. The van der Waals surface area contributed by atoms with E-state index in [1.54, 1.807) is 38.2 Å². The summed E-state index contributed by atoms with van der Waals surface area (Å²) in [5.41, 5.74) is 0.991. The van der Waals surface area contributed by atoms with Crippen LogP contribution in [0.1, 0.15) is 24.1 Å². The number of carbonyl (C=O) groups excluding carboxylic acids is 1. The third kappa shape index (κ3) is 4.14. The van der Waals surface area contributed by atoms with Crippen LogP contribution in [-0.2, 0) is 6.54 Å². The van der Waals surface area contributed by atoms with E-state index in [2.05, 4.69) is 14.4 Å². The van der Waals surface area contributed by atoms with Crippen molar-refractivity contribution in [3.63, 3.8) is 0 Å². The van der Waals surface area contributed by atoms with E-state index in [9.17, 15) is 13.6 Å². The molecule has 0 saturated heterocycles. The molecular weight excluding hydrogens is 430 g/mol. The number of halogens is 2. The van der Waals surface area contributed by atoms with Crippen LogP contribution in [0.2, 0.25) is 0 Å². The van der Waals surface area contributed by atoms with E-state index in [1.165, 1.54) is 23.4 Å². The molecule has 3 aromatic rings. The average Bonchev–Trinajstić information content (AvgIpc) is 3.27. The molecule has 1 unspecified atom stereocenters. The lowest BCUT2D eigenvalue weighted by Crippen LogP contribution is -2.39. The SMILES string of the molecule is CNSNc1cccc(CN2C(=O)Oc3c(ccc(Oc4ncco4)c3F)C2C)c1F. The molecule has 1 aliphatic rings. The number of anilines is 1. The highest BCUT2D eigenvalue weighted by molar-refractivity contribution is 7.98. The molecule has 0 radical (unpaired) electrons. The lowest BCUT2D eigenvalue weighted by Gasteiger charge is -2.34. The molecule has 162 valence electrons. The van der Waals surface area contributed by atoms with Crippen molar-refractivity contribution >= 4 is 23.9 Å². The minimum Gasteiger partial charge on any atom is -0.417 e. The zero-order valence-corrected chi connectivity index (χ0v) is 17.3. The monoisotopic (exact) mass is 448 g/mol. The van der Waals surface area contributed by atoms with Gasteiger partial charge in [-0.3, -0.25) is 4.90 Å². The molecule has 31 heavy (non-hydrogen) atoms. The van der Waals surface area contributed by atoms with Gasteiger partial charge in [-0.1, -0.05) is 12.1 Å². The van der Waals surface area contributed by atoms with E-state index in [0.717, 1.165) is 12.1 Å². The van der Waals surface area contributed by atoms with E-state index in [4.69, 9.17) is 13.9 Å². The molecule has 4 rings (SSSR count). The van der Waals surface area contributed by atoms with Crippen molar-refractivity contribution < 1.29 is 27.5 Å². The highest BCUT2D eigenvalue weighted by atomic mass is 32.2. The molecular formula is C20H18F2N4O4S. The second-order valence-electron chi connectivity index (χ2n) is 6.55. The molecule has 1 atom stereocenters. The Balaban J connectivity index is 1.59. The Morgan fingerprint density at radius 1 is 1.26 bits per heavy atom. The summed E-state index contributed by atoms with van der Waals surface area (Å²) in [6.07, 6.45) is 1.70. The fourth-order valence-corrected chi connectivity index (χ4v) is 3.53. The average molecular weight is 448 g/mol. The van der Waals surface area contributed by atoms with E-state index in [-0.39, 0.29) is 29.8 Å². The fourth-order valence-electron chi connectivity index (χ4n) is 3.16. The van der Waals surface area contributed by atoms with Gasteiger partial charge < -0.3 is 18.6 Å². The summed E-state index contributed by atoms with van der Waals surface area (Å²) in [6.45, 7) is 1.66. The van der Waals surface area contributed by atoms with Gasteiger partial charge in [-0.25, -0.2) is 13.9 Å². The van der Waals surface area contributed by atoms with E-state index < -0.39 is 23.8 Å². The van der Waals surface area contributed by atoms with Crippen molar-refractivity contribution in [2.75, 3.05) is 11.8 Å². The number of aromatic nitrogens is 1. The number of hydrogen-bond donors (Lipinski definition) is 2. The second kappa shape index (κ2) is 8.82. The third-order valence-electron chi connectivity index (χ3n) is 4.72. The summed E-state index contributed by atoms with van der Waals surface area (Å²) in [6, 6.07) is 7.25. The van der Waals surface area contributed by atoms with Crippen LogP contribution in [0, 0.1) is 11.6 Å². The number of oxazole rings is 1. The Bertz CT molecular complexity index is 1100. The highest BCUT2D eigenvalue weighted by Gasteiger charge is 2.35. The summed E-state index contributed by atoms with van der Waals surface area (Å²) in [5.74, 6) is -1.77. The largest absolute Gasteiger partial charge is 0.417 e. The Morgan fingerprint density at radius 3 is 2.84 bits per heavy atom. The standard InChI is InChI=1S/C20H18F2N4O4S/c1-11-13-6-7-15(29-19-24-8-9-28-19)17(22)18(13)30-20(27)26(11)10-12-4-3-5-14(16(12)21)25-31-23-2/h3-9,11,23,25H,10H2,1-2H3. The Hall–Kier alpha value is -3.31. The Morgan fingerprint density at radius 2 is 2.10 bits per heavy atom. The predicted molar refractivity (Wildman–Crippen MR) is 110 cm³/mol. The van der Waals surface area contributed by atoms with Crippen molar-refractivity contribution in [2.45, 2.75) is 19.5 Å². The molecule has 0 bridgehead atoms. The van der Waals surface area contributed by atoms with Crippen molar-refractivity contribution in [3.05, 3.63) is 65.6 Å². The van der Waals surface area contributed by atoms with Gasteiger partial charge in [-0.05, 0) is 32.2 Å². The number of amides is 1. The normalized spacial score (nSPS) is 15.4. The lowest BCUT2D eigenvalue weighted by atomic mass is 10.0. The topological polar surface area (TPSA) is 88.9 Å². The molecule has 2 heterocycles. The number of benzene rings is 2. The van der Waals surface area contributed by atoms with E-state index >= 15 is 0 Å². The van der Waals surface area contributed by atoms with Gasteiger partial charge in [0.15, 0.2) is 17.3 Å². The first-order valence-electron chi connectivity index (χ1n) is 9.23. The summed E-state index contributed by atoms with van der Waals surface area (Å²) in [7, 11) is 1.70. The number of carbonyl (C=O) groups is 1.